The quantitative estimate of drug-likeness (QED) is 0.0376. The van der Waals surface area contributed by atoms with Crippen molar-refractivity contribution in [1.29, 1.82) is 0 Å². The number of nitrogens with one attached hydrogen (secondary N) is 3. The lowest BCUT2D eigenvalue weighted by molar-refractivity contribution is -0.112. The molecule has 1 amide bonds. The minimum absolute atomic E-state index is 0.260. The normalized spacial score (nSPS) is 10.9. The fraction of sp³-hybridized carbons (Fsp3) is 0.179. The minimum atomic E-state index is -0.509. The summed E-state index contributed by atoms with van der Waals surface area (Å²) < 4.78 is 25.3. The highest BCUT2D eigenvalue weighted by Gasteiger charge is 2.26. The molecule has 0 fully saturated rings. The van der Waals surface area contributed by atoms with Gasteiger partial charge in [0.25, 0.3) is 0 Å². The summed E-state index contributed by atoms with van der Waals surface area (Å²) in [7, 11) is 9.62. The predicted molar refractivity (Wildman–Crippen MR) is 320 cm³/mol. The maximum absolute atomic E-state index is 11.5. The molecule has 0 unspecified atom stereocenters. The van der Waals surface area contributed by atoms with Crippen molar-refractivity contribution in [3.63, 3.8) is 0 Å². The number of nitrogens with zero attached hydrogens (tertiary/aromatic N) is 10. The van der Waals surface area contributed by atoms with E-state index in [1.54, 1.807) is 47.7 Å². The molecular formula is C56H51Cl5N14O6. The zero-order valence-corrected chi connectivity index (χ0v) is 48.1. The number of aromatic nitrogens is 10. The Morgan fingerprint density at radius 1 is 0.568 bits per heavy atom. The van der Waals surface area contributed by atoms with Crippen molar-refractivity contribution in [2.75, 3.05) is 64.2 Å². The van der Waals surface area contributed by atoms with E-state index >= 15 is 0 Å². The van der Waals surface area contributed by atoms with Crippen molar-refractivity contribution in [1.82, 2.24) is 49.1 Å². The van der Waals surface area contributed by atoms with E-state index < -0.39 is 5.24 Å². The van der Waals surface area contributed by atoms with Gasteiger partial charge in [0.05, 0.1) is 48.5 Å². The lowest BCUT2D eigenvalue weighted by Crippen LogP contribution is -2.07. The van der Waals surface area contributed by atoms with Crippen molar-refractivity contribution in [3.05, 3.63) is 153 Å². The van der Waals surface area contributed by atoms with Gasteiger partial charge in [-0.05, 0) is 84.1 Å². The average Bonchev–Trinajstić information content (AvgIpc) is 4.38. The molecule has 81 heavy (non-hydrogen) atoms. The van der Waals surface area contributed by atoms with Gasteiger partial charge in [0.15, 0.2) is 34.2 Å². The maximum atomic E-state index is 11.5. The second-order valence-corrected chi connectivity index (χ2v) is 19.2. The number of ether oxygens (including phenoxy) is 4. The zero-order valence-electron chi connectivity index (χ0n) is 44.4. The van der Waals surface area contributed by atoms with Gasteiger partial charge in [-0.25, -0.2) is 19.9 Å². The standard InChI is InChI=1S/C28H25Cl2N7O3.C25H23Cl2N7O2.C3H3ClO/c1-5-22(38)33-17-9-6-15(7-10-17)8-11-21-34-27-18(23-24(29)19(39-3)13-20(40-4)25(23)30)12-16-14-32-28(31-2)35-26(16)37(27)36-21;1-29-25-30-12-14-10-16(20-21(26)17(35-2)11-18(36-3)22(20)27)24-31-19(33-34(24)23(14)32-25)9-6-13-4-7-15(28)8-5-13;1-2-3(4)5/h5-7,9-10,12-14H,1,8,11H2,2-4H3,(H,33,38)(H,31,32,35);4-5,7-8,10-12H,6,9,28H2,1-3H3,(H,29,30,32);2H,1H2. The molecule has 0 aliphatic carbocycles. The van der Waals surface area contributed by atoms with Crippen molar-refractivity contribution in [2.45, 2.75) is 25.7 Å². The van der Waals surface area contributed by atoms with Crippen LogP contribution < -0.4 is 40.6 Å². The van der Waals surface area contributed by atoms with Crippen LogP contribution in [-0.4, -0.2) is 103 Å². The van der Waals surface area contributed by atoms with E-state index in [-0.39, 0.29) is 5.91 Å². The molecule has 5 N–H and O–H groups in total. The molecule has 0 spiro atoms. The topological polar surface area (TPSA) is 245 Å². The van der Waals surface area contributed by atoms with Crippen LogP contribution >= 0.6 is 58.0 Å². The Kier molecular flexibility index (Phi) is 18.9. The Balaban J connectivity index is 0.000000197. The van der Waals surface area contributed by atoms with Crippen LogP contribution in [0.2, 0.25) is 20.1 Å². The number of nitrogen functional groups attached to an aromatic ring is 1. The third-order valence-corrected chi connectivity index (χ3v) is 14.0. The summed E-state index contributed by atoms with van der Waals surface area (Å²) in [5.74, 6) is 3.57. The Labute approximate surface area is 489 Å². The van der Waals surface area contributed by atoms with Gasteiger partial charge >= 0.3 is 0 Å². The van der Waals surface area contributed by atoms with Crippen LogP contribution in [0.3, 0.4) is 0 Å². The molecular weight excluding hydrogens is 1140 g/mol. The van der Waals surface area contributed by atoms with Crippen molar-refractivity contribution >= 4 is 126 Å². The SMILES string of the molecule is C=CC(=O)Cl.C=CC(=O)Nc1ccc(CCc2nc3c(-c4c(Cl)c(OC)cc(OC)c4Cl)cc4cnc(NC)nc4n3n2)cc1.CNc1ncc2cc(-c3c(Cl)c(OC)cc(OC)c3Cl)c3nc(CCc4ccc(N)cc4)nn3c2n1. The molecule has 4 aromatic carbocycles. The molecule has 0 atom stereocenters. The van der Waals surface area contributed by atoms with E-state index in [0.29, 0.717) is 142 Å². The Morgan fingerprint density at radius 2 is 0.951 bits per heavy atom. The number of pyridine rings is 2. The molecule has 6 heterocycles. The summed E-state index contributed by atoms with van der Waals surface area (Å²) in [5, 5.41) is 20.5. The Morgan fingerprint density at radius 3 is 1.30 bits per heavy atom. The average molecular weight is 1190 g/mol. The number of aryl methyl sites for hydroxylation is 4. The monoisotopic (exact) mass is 1190 g/mol. The van der Waals surface area contributed by atoms with Crippen molar-refractivity contribution < 1.29 is 28.5 Å². The number of benzene rings is 4. The van der Waals surface area contributed by atoms with Crippen molar-refractivity contribution in [2.24, 2.45) is 0 Å². The summed E-state index contributed by atoms with van der Waals surface area (Å²) in [6.45, 7) is 6.55. The number of nitrogens with two attached hydrogens (primary N) is 1. The summed E-state index contributed by atoms with van der Waals surface area (Å²) in [6.07, 6.45) is 8.26. The zero-order chi connectivity index (χ0) is 58.1. The summed E-state index contributed by atoms with van der Waals surface area (Å²) in [6, 6.07) is 22.4. The first kappa shape index (κ1) is 58.6. The number of fused-ring (bicyclic) bond motifs is 6. The first-order chi connectivity index (χ1) is 39.1. The van der Waals surface area contributed by atoms with Crippen molar-refractivity contribution in [3.8, 4) is 45.3 Å². The number of allylic oxidation sites excluding steroid dienone is 1. The Bertz CT molecular complexity index is 3950. The largest absolute Gasteiger partial charge is 0.495 e. The molecule has 0 aliphatic rings. The predicted octanol–water partition coefficient (Wildman–Crippen LogP) is 11.6. The fourth-order valence-corrected chi connectivity index (χ4v) is 9.72. The lowest BCUT2D eigenvalue weighted by Gasteiger charge is -2.15. The van der Waals surface area contributed by atoms with E-state index in [1.807, 2.05) is 60.7 Å². The van der Waals surface area contributed by atoms with E-state index in [2.05, 4.69) is 49.0 Å². The van der Waals surface area contributed by atoms with E-state index in [9.17, 15) is 9.59 Å². The molecule has 20 nitrogen and oxygen atoms in total. The van der Waals surface area contributed by atoms with Crippen LogP contribution in [0.15, 0.2) is 111 Å². The molecule has 6 aromatic heterocycles. The number of methoxy groups -OCH3 is 4. The number of carbonyl (C=O) groups excluding carboxylic acids is 2. The summed E-state index contributed by atoms with van der Waals surface area (Å²) in [4.78, 5) is 48.7. The first-order valence-electron chi connectivity index (χ1n) is 24.4. The van der Waals surface area contributed by atoms with Gasteiger partial charge < -0.3 is 40.6 Å². The van der Waals surface area contributed by atoms with Gasteiger partial charge in [-0.2, -0.15) is 19.0 Å². The number of amides is 1. The molecule has 0 saturated carbocycles. The number of rotatable bonds is 17. The van der Waals surface area contributed by atoms with Gasteiger partial charge in [0.1, 0.15) is 23.0 Å². The molecule has 10 aromatic rings. The molecule has 0 aliphatic heterocycles. The molecule has 10 rings (SSSR count). The van der Waals surface area contributed by atoms with Crippen LogP contribution in [0.1, 0.15) is 22.8 Å². The second kappa shape index (κ2) is 26.2. The third-order valence-electron chi connectivity index (χ3n) is 12.3. The van der Waals surface area contributed by atoms with Crippen LogP contribution in [0.5, 0.6) is 23.0 Å². The van der Waals surface area contributed by atoms with Gasteiger partial charge in [-0.3, -0.25) is 9.59 Å². The molecule has 25 heteroatoms. The smallest absolute Gasteiger partial charge is 0.247 e. The molecule has 0 bridgehead atoms. The minimum Gasteiger partial charge on any atom is -0.495 e. The van der Waals surface area contributed by atoms with Crippen LogP contribution in [0.25, 0.3) is 55.6 Å². The highest BCUT2D eigenvalue weighted by Crippen LogP contribution is 2.49. The third kappa shape index (κ3) is 12.9. The number of hydrogen-bond donors (Lipinski definition) is 4. The second-order valence-electron chi connectivity index (χ2n) is 17.3. The fourth-order valence-electron chi connectivity index (χ4n) is 8.31. The lowest BCUT2D eigenvalue weighted by atomic mass is 10.0. The van der Waals surface area contributed by atoms with E-state index in [4.69, 9.17) is 103 Å². The number of anilines is 4. The summed E-state index contributed by atoms with van der Waals surface area (Å²) >= 11 is 31.8. The highest BCUT2D eigenvalue weighted by molar-refractivity contribution is 6.66. The van der Waals surface area contributed by atoms with Gasteiger partial charge in [-0.15, -0.1) is 10.2 Å². The van der Waals surface area contributed by atoms with Gasteiger partial charge in [0, 0.05) is 95.9 Å². The van der Waals surface area contributed by atoms with E-state index in [1.165, 1.54) is 34.5 Å². The van der Waals surface area contributed by atoms with Crippen LogP contribution in [0, 0.1) is 0 Å². The molecule has 0 radical (unpaired) electrons. The highest BCUT2D eigenvalue weighted by atomic mass is 35.5. The maximum Gasteiger partial charge on any atom is 0.247 e. The van der Waals surface area contributed by atoms with Gasteiger partial charge in [-0.1, -0.05) is 83.8 Å². The number of hydrogen-bond acceptors (Lipinski definition) is 17. The van der Waals surface area contributed by atoms with Crippen LogP contribution in [-0.2, 0) is 35.3 Å². The number of halogens is 5. The first-order valence-corrected chi connectivity index (χ1v) is 26.3. The summed E-state index contributed by atoms with van der Waals surface area (Å²) in [5.41, 5.74) is 14.0. The number of carbonyl (C=O) groups is 2. The van der Waals surface area contributed by atoms with E-state index in [0.717, 1.165) is 34.7 Å². The van der Waals surface area contributed by atoms with Gasteiger partial charge in [0.2, 0.25) is 23.0 Å². The molecule has 416 valence electrons. The Hall–Kier alpha value is -8.53. The molecule has 0 saturated heterocycles. The van der Waals surface area contributed by atoms with Crippen LogP contribution in [0.4, 0.5) is 23.3 Å².